The molecule has 0 spiro atoms. The molecule has 15 heavy (non-hydrogen) atoms. The SMILES string of the molecule is CNC(C)c1c[nH]c2c(OC)cccc12. The first-order valence-electron chi connectivity index (χ1n) is 5.09. The second kappa shape index (κ2) is 3.95. The third-order valence-electron chi connectivity index (χ3n) is 2.83. The number of rotatable bonds is 3. The van der Waals surface area contributed by atoms with Gasteiger partial charge in [0.2, 0.25) is 0 Å². The van der Waals surface area contributed by atoms with Crippen molar-refractivity contribution in [1.29, 1.82) is 0 Å². The van der Waals surface area contributed by atoms with Gasteiger partial charge in [-0.05, 0) is 25.6 Å². The van der Waals surface area contributed by atoms with Gasteiger partial charge in [0.25, 0.3) is 0 Å². The van der Waals surface area contributed by atoms with Crippen LogP contribution in [0.5, 0.6) is 5.75 Å². The van der Waals surface area contributed by atoms with Crippen molar-refractivity contribution in [2.75, 3.05) is 14.2 Å². The fourth-order valence-electron chi connectivity index (χ4n) is 1.83. The van der Waals surface area contributed by atoms with Gasteiger partial charge in [0.1, 0.15) is 5.75 Å². The van der Waals surface area contributed by atoms with Gasteiger partial charge in [-0.15, -0.1) is 0 Å². The van der Waals surface area contributed by atoms with Crippen molar-refractivity contribution < 1.29 is 4.74 Å². The highest BCUT2D eigenvalue weighted by molar-refractivity contribution is 5.88. The lowest BCUT2D eigenvalue weighted by atomic mass is 10.1. The highest BCUT2D eigenvalue weighted by Gasteiger charge is 2.11. The van der Waals surface area contributed by atoms with Crippen LogP contribution in [-0.2, 0) is 0 Å². The van der Waals surface area contributed by atoms with E-state index in [0.717, 1.165) is 11.3 Å². The number of para-hydroxylation sites is 1. The number of hydrogen-bond donors (Lipinski definition) is 2. The zero-order valence-corrected chi connectivity index (χ0v) is 9.29. The number of aromatic amines is 1. The van der Waals surface area contributed by atoms with Crippen LogP contribution in [0.25, 0.3) is 10.9 Å². The van der Waals surface area contributed by atoms with Gasteiger partial charge in [0.05, 0.1) is 12.6 Å². The van der Waals surface area contributed by atoms with Crippen LogP contribution in [0.2, 0.25) is 0 Å². The molecule has 1 aromatic carbocycles. The summed E-state index contributed by atoms with van der Waals surface area (Å²) in [4.78, 5) is 3.26. The van der Waals surface area contributed by atoms with Gasteiger partial charge < -0.3 is 15.0 Å². The molecule has 1 unspecified atom stereocenters. The lowest BCUT2D eigenvalue weighted by Crippen LogP contribution is -2.11. The number of H-pyrrole nitrogens is 1. The molecule has 0 bridgehead atoms. The molecule has 0 aliphatic heterocycles. The molecule has 0 fully saturated rings. The summed E-state index contributed by atoms with van der Waals surface area (Å²) in [6.07, 6.45) is 2.04. The molecule has 2 aromatic rings. The second-order valence-electron chi connectivity index (χ2n) is 3.64. The van der Waals surface area contributed by atoms with E-state index in [-0.39, 0.29) is 0 Å². The van der Waals surface area contributed by atoms with Gasteiger partial charge >= 0.3 is 0 Å². The first kappa shape index (κ1) is 10.1. The number of methoxy groups -OCH3 is 1. The summed E-state index contributed by atoms with van der Waals surface area (Å²) in [5, 5.41) is 4.45. The van der Waals surface area contributed by atoms with Crippen molar-refractivity contribution in [3.63, 3.8) is 0 Å². The van der Waals surface area contributed by atoms with Crippen molar-refractivity contribution in [2.45, 2.75) is 13.0 Å². The molecule has 1 aromatic heterocycles. The lowest BCUT2D eigenvalue weighted by Gasteiger charge is -2.08. The van der Waals surface area contributed by atoms with Crippen LogP contribution < -0.4 is 10.1 Å². The average molecular weight is 204 g/mol. The van der Waals surface area contributed by atoms with Gasteiger partial charge in [0, 0.05) is 17.6 Å². The predicted octanol–water partition coefficient (Wildman–Crippen LogP) is 2.46. The summed E-state index contributed by atoms with van der Waals surface area (Å²) in [6, 6.07) is 6.43. The third-order valence-corrected chi connectivity index (χ3v) is 2.83. The van der Waals surface area contributed by atoms with E-state index in [1.165, 1.54) is 10.9 Å². The average Bonchev–Trinajstić information content (AvgIpc) is 2.71. The largest absolute Gasteiger partial charge is 0.495 e. The van der Waals surface area contributed by atoms with Crippen LogP contribution in [-0.4, -0.2) is 19.1 Å². The molecule has 0 saturated carbocycles. The predicted molar refractivity (Wildman–Crippen MR) is 62.3 cm³/mol. The summed E-state index contributed by atoms with van der Waals surface area (Å²) < 4.78 is 5.30. The van der Waals surface area contributed by atoms with E-state index in [1.54, 1.807) is 7.11 Å². The Morgan fingerprint density at radius 3 is 2.87 bits per heavy atom. The topological polar surface area (TPSA) is 37.0 Å². The maximum atomic E-state index is 5.30. The van der Waals surface area contributed by atoms with Gasteiger partial charge in [-0.25, -0.2) is 0 Å². The molecule has 2 N–H and O–H groups in total. The summed E-state index contributed by atoms with van der Waals surface area (Å²) in [7, 11) is 3.65. The van der Waals surface area contributed by atoms with Crippen molar-refractivity contribution in [3.8, 4) is 5.75 Å². The number of fused-ring (bicyclic) bond motifs is 1. The second-order valence-corrected chi connectivity index (χ2v) is 3.64. The van der Waals surface area contributed by atoms with Crippen LogP contribution in [0.15, 0.2) is 24.4 Å². The monoisotopic (exact) mass is 204 g/mol. The highest BCUT2D eigenvalue weighted by Crippen LogP contribution is 2.29. The quantitative estimate of drug-likeness (QED) is 0.805. The minimum Gasteiger partial charge on any atom is -0.495 e. The van der Waals surface area contributed by atoms with E-state index in [4.69, 9.17) is 4.74 Å². The van der Waals surface area contributed by atoms with Crippen molar-refractivity contribution in [1.82, 2.24) is 10.3 Å². The Morgan fingerprint density at radius 2 is 2.20 bits per heavy atom. The number of ether oxygens (including phenoxy) is 1. The molecule has 0 saturated heterocycles. The molecule has 0 amide bonds. The summed E-state index contributed by atoms with van der Waals surface area (Å²) in [5.41, 5.74) is 2.34. The first-order chi connectivity index (χ1) is 7.27. The Bertz CT molecular complexity index is 462. The number of aromatic nitrogens is 1. The standard InChI is InChI=1S/C12H16N2O/c1-8(13-2)10-7-14-12-9(10)5-4-6-11(12)15-3/h4-8,13-14H,1-3H3. The molecular formula is C12H16N2O. The zero-order chi connectivity index (χ0) is 10.8. The summed E-state index contributed by atoms with van der Waals surface area (Å²) in [5.74, 6) is 0.891. The van der Waals surface area contributed by atoms with Gasteiger partial charge in [-0.2, -0.15) is 0 Å². The Morgan fingerprint density at radius 1 is 1.40 bits per heavy atom. The lowest BCUT2D eigenvalue weighted by molar-refractivity contribution is 0.419. The Balaban J connectivity index is 2.60. The normalized spacial score (nSPS) is 13.0. The number of nitrogens with one attached hydrogen (secondary N) is 2. The maximum absolute atomic E-state index is 5.30. The maximum Gasteiger partial charge on any atom is 0.142 e. The van der Waals surface area contributed by atoms with Crippen LogP contribution in [0.4, 0.5) is 0 Å². The van der Waals surface area contributed by atoms with E-state index in [2.05, 4.69) is 23.3 Å². The van der Waals surface area contributed by atoms with Crippen molar-refractivity contribution >= 4 is 10.9 Å². The van der Waals surface area contributed by atoms with Crippen LogP contribution in [0, 0.1) is 0 Å². The molecule has 3 heteroatoms. The number of benzene rings is 1. The molecule has 0 radical (unpaired) electrons. The first-order valence-corrected chi connectivity index (χ1v) is 5.09. The minimum absolute atomic E-state index is 0.339. The minimum atomic E-state index is 0.339. The fourth-order valence-corrected chi connectivity index (χ4v) is 1.83. The number of hydrogen-bond acceptors (Lipinski definition) is 2. The Labute approximate surface area is 89.4 Å². The third kappa shape index (κ3) is 1.59. The van der Waals surface area contributed by atoms with Gasteiger partial charge in [-0.1, -0.05) is 12.1 Å². The van der Waals surface area contributed by atoms with Crippen molar-refractivity contribution in [2.24, 2.45) is 0 Å². The molecule has 2 rings (SSSR count). The highest BCUT2D eigenvalue weighted by atomic mass is 16.5. The zero-order valence-electron chi connectivity index (χ0n) is 9.29. The molecular weight excluding hydrogens is 188 g/mol. The molecule has 80 valence electrons. The van der Waals surface area contributed by atoms with Crippen molar-refractivity contribution in [3.05, 3.63) is 30.0 Å². The smallest absolute Gasteiger partial charge is 0.142 e. The van der Waals surface area contributed by atoms with E-state index in [0.29, 0.717) is 6.04 Å². The Hall–Kier alpha value is -1.48. The molecule has 0 aliphatic rings. The van der Waals surface area contributed by atoms with Gasteiger partial charge in [0.15, 0.2) is 0 Å². The van der Waals surface area contributed by atoms with E-state index < -0.39 is 0 Å². The fraction of sp³-hybridized carbons (Fsp3) is 0.333. The van der Waals surface area contributed by atoms with E-state index in [1.807, 2.05) is 25.4 Å². The van der Waals surface area contributed by atoms with Crippen LogP contribution in [0.1, 0.15) is 18.5 Å². The summed E-state index contributed by atoms with van der Waals surface area (Å²) >= 11 is 0. The van der Waals surface area contributed by atoms with E-state index in [9.17, 15) is 0 Å². The molecule has 0 aliphatic carbocycles. The van der Waals surface area contributed by atoms with Crippen LogP contribution >= 0.6 is 0 Å². The van der Waals surface area contributed by atoms with E-state index >= 15 is 0 Å². The molecule has 1 heterocycles. The van der Waals surface area contributed by atoms with Gasteiger partial charge in [-0.3, -0.25) is 0 Å². The summed E-state index contributed by atoms with van der Waals surface area (Å²) in [6.45, 7) is 2.14. The van der Waals surface area contributed by atoms with Crippen LogP contribution in [0.3, 0.4) is 0 Å². The molecule has 3 nitrogen and oxygen atoms in total. The Kier molecular flexibility index (Phi) is 2.64. The molecule has 1 atom stereocenters.